The predicted octanol–water partition coefficient (Wildman–Crippen LogP) is 2.24. The van der Waals surface area contributed by atoms with Crippen molar-refractivity contribution < 1.29 is 47.7 Å². The van der Waals surface area contributed by atoms with Crippen molar-refractivity contribution in [2.75, 3.05) is 19.7 Å². The predicted molar refractivity (Wildman–Crippen MR) is 155 cm³/mol. The number of benzene rings is 1. The Kier molecular flexibility index (Phi) is 11.7. The highest BCUT2D eigenvalue weighted by molar-refractivity contribution is 6.02. The Labute approximate surface area is 252 Å². The van der Waals surface area contributed by atoms with Gasteiger partial charge < -0.3 is 29.0 Å². The van der Waals surface area contributed by atoms with Gasteiger partial charge in [-0.25, -0.2) is 15.4 Å². The molecule has 43 heavy (non-hydrogen) atoms. The molecule has 0 bridgehead atoms. The Hall–Kier alpha value is -3.71. The molecule has 2 rings (SSSR count). The molecule has 1 aliphatic rings. The Bertz CT molecular complexity index is 1190. The average molecular weight is 608 g/mol. The van der Waals surface area contributed by atoms with E-state index < -0.39 is 65.2 Å². The number of Topliss-reactive ketones (excluding diaryl/α,β-unsaturated/α-hetero) is 1. The highest BCUT2D eigenvalue weighted by Crippen LogP contribution is 2.33. The summed E-state index contributed by atoms with van der Waals surface area (Å²) >= 11 is 0. The molecule has 1 aromatic rings. The molecular formula is C30H45N3O10. The topological polar surface area (TPSA) is 182 Å². The second kappa shape index (κ2) is 14.2. The van der Waals surface area contributed by atoms with Gasteiger partial charge in [-0.3, -0.25) is 19.8 Å². The number of rotatable bonds is 10. The smallest absolute Gasteiger partial charge is 0.357 e. The third-order valence-corrected chi connectivity index (χ3v) is 5.77. The van der Waals surface area contributed by atoms with Gasteiger partial charge in [0.25, 0.3) is 12.0 Å². The van der Waals surface area contributed by atoms with Crippen LogP contribution in [-0.4, -0.2) is 72.2 Å². The van der Waals surface area contributed by atoms with Crippen molar-refractivity contribution in [2.24, 2.45) is 17.7 Å². The molecule has 1 fully saturated rings. The molecule has 1 aliphatic heterocycles. The van der Waals surface area contributed by atoms with Gasteiger partial charge in [0, 0.05) is 18.0 Å². The maximum atomic E-state index is 13.7. The Morgan fingerprint density at radius 3 is 2.05 bits per heavy atom. The number of nitrogens with one attached hydrogen (secondary N) is 2. The molecule has 0 radical (unpaired) electrons. The number of hydrogen-bond donors (Lipinski definition) is 3. The molecule has 1 amide bonds. The summed E-state index contributed by atoms with van der Waals surface area (Å²) in [6.45, 7) is 15.4. The minimum Gasteiger partial charge on any atom is -0.478 e. The Balaban J connectivity index is 2.46. The first-order chi connectivity index (χ1) is 19.7. The molecule has 1 saturated heterocycles. The van der Waals surface area contributed by atoms with Gasteiger partial charge >= 0.3 is 17.9 Å². The van der Waals surface area contributed by atoms with Gasteiger partial charge in [-0.2, -0.15) is 0 Å². The lowest BCUT2D eigenvalue weighted by molar-refractivity contribution is -0.167. The first-order valence-corrected chi connectivity index (χ1v) is 14.1. The highest BCUT2D eigenvalue weighted by Gasteiger charge is 2.39. The maximum Gasteiger partial charge on any atom is 0.357 e. The van der Waals surface area contributed by atoms with E-state index in [4.69, 9.17) is 29.5 Å². The number of piperidine rings is 1. The molecule has 0 saturated carbocycles. The summed E-state index contributed by atoms with van der Waals surface area (Å²) < 4.78 is 27.5. The van der Waals surface area contributed by atoms with Crippen LogP contribution in [0.2, 0.25) is 0 Å². The molecule has 0 aromatic heterocycles. The molecule has 1 heterocycles. The lowest BCUT2D eigenvalue weighted by Crippen LogP contribution is -2.48. The molecule has 4 N–H and O–H groups in total. The zero-order valence-corrected chi connectivity index (χ0v) is 26.5. The third-order valence-electron chi connectivity index (χ3n) is 5.77. The van der Waals surface area contributed by atoms with E-state index in [-0.39, 0.29) is 29.4 Å². The van der Waals surface area contributed by atoms with Gasteiger partial charge in [0.05, 0.1) is 5.92 Å². The van der Waals surface area contributed by atoms with E-state index in [0.717, 1.165) is 0 Å². The van der Waals surface area contributed by atoms with Crippen LogP contribution in [0.4, 0.5) is 0 Å². The minimum absolute atomic E-state index is 0.127. The zero-order valence-electron chi connectivity index (χ0n) is 26.5. The number of ether oxygens (including phenoxy) is 5. The number of amides is 1. The van der Waals surface area contributed by atoms with Crippen molar-refractivity contribution in [3.05, 3.63) is 23.8 Å². The van der Waals surface area contributed by atoms with Gasteiger partial charge in [0.15, 0.2) is 23.9 Å². The van der Waals surface area contributed by atoms with Crippen LogP contribution < -0.4 is 26.1 Å². The monoisotopic (exact) mass is 607 g/mol. The molecule has 3 unspecified atom stereocenters. The average Bonchev–Trinajstić information content (AvgIpc) is 2.87. The lowest BCUT2D eigenvalue weighted by atomic mass is 9.81. The van der Waals surface area contributed by atoms with Crippen molar-refractivity contribution in [2.45, 2.75) is 91.6 Å². The molecule has 1 aromatic carbocycles. The molecule has 240 valence electrons. The molecule has 13 heteroatoms. The fraction of sp³-hybridized carbons (Fsp3) is 0.633. The van der Waals surface area contributed by atoms with Crippen LogP contribution in [0.1, 0.15) is 79.1 Å². The quantitative estimate of drug-likeness (QED) is 0.0672. The standard InChI is InChI=1S/C30H45N3O10/c1-28(2,3)41-22(34)16-39-21-14-17(23(35)18-12-13-32-15-19(18)26(37)42-29(4,5)6)10-11-20(21)40-24(25(36)33-31)27(38)43-30(7,8)9/h10-11,14,18-19,24,32H,12-13,15-16,31H2,1-9H3,(H,33,36). The van der Waals surface area contributed by atoms with Crippen LogP contribution in [0.3, 0.4) is 0 Å². The first-order valence-electron chi connectivity index (χ1n) is 14.1. The van der Waals surface area contributed by atoms with Crippen LogP contribution in [0.5, 0.6) is 11.5 Å². The summed E-state index contributed by atoms with van der Waals surface area (Å²) in [5.74, 6) is 0.00736. The van der Waals surface area contributed by atoms with Crippen LogP contribution >= 0.6 is 0 Å². The minimum atomic E-state index is -1.84. The van der Waals surface area contributed by atoms with Gasteiger partial charge in [0.1, 0.15) is 16.8 Å². The maximum absolute atomic E-state index is 13.7. The molecule has 13 nitrogen and oxygen atoms in total. The van der Waals surface area contributed by atoms with Crippen molar-refractivity contribution in [1.82, 2.24) is 10.7 Å². The fourth-order valence-corrected chi connectivity index (χ4v) is 4.16. The van der Waals surface area contributed by atoms with E-state index in [1.54, 1.807) is 62.3 Å². The Morgan fingerprint density at radius 2 is 1.49 bits per heavy atom. The summed E-state index contributed by atoms with van der Waals surface area (Å²) in [4.78, 5) is 64.4. The number of esters is 3. The van der Waals surface area contributed by atoms with Crippen molar-refractivity contribution in [3.8, 4) is 11.5 Å². The summed E-state index contributed by atoms with van der Waals surface area (Å²) in [5, 5.41) is 3.13. The number of ketones is 1. The summed E-state index contributed by atoms with van der Waals surface area (Å²) in [6, 6.07) is 4.06. The summed E-state index contributed by atoms with van der Waals surface area (Å²) in [6.07, 6.45) is -1.46. The Morgan fingerprint density at radius 1 is 0.884 bits per heavy atom. The second-order valence-corrected chi connectivity index (χ2v) is 13.2. The third kappa shape index (κ3) is 11.5. The van der Waals surface area contributed by atoms with Gasteiger partial charge in [-0.1, -0.05) is 0 Å². The van der Waals surface area contributed by atoms with Crippen molar-refractivity contribution >= 4 is 29.6 Å². The molecule has 0 aliphatic carbocycles. The van der Waals surface area contributed by atoms with Gasteiger partial charge in [0.2, 0.25) is 0 Å². The van der Waals surface area contributed by atoms with Gasteiger partial charge in [-0.05, 0) is 93.5 Å². The normalized spacial score (nSPS) is 18.1. The largest absolute Gasteiger partial charge is 0.478 e. The van der Waals surface area contributed by atoms with E-state index >= 15 is 0 Å². The van der Waals surface area contributed by atoms with Crippen molar-refractivity contribution in [3.63, 3.8) is 0 Å². The molecular weight excluding hydrogens is 562 g/mol. The van der Waals surface area contributed by atoms with Gasteiger partial charge in [-0.15, -0.1) is 0 Å². The van der Waals surface area contributed by atoms with Crippen LogP contribution in [0.25, 0.3) is 0 Å². The number of carbonyl (C=O) groups excluding carboxylic acids is 5. The van der Waals surface area contributed by atoms with Crippen LogP contribution in [0, 0.1) is 11.8 Å². The molecule has 0 spiro atoms. The number of hydrazine groups is 1. The lowest BCUT2D eigenvalue weighted by Gasteiger charge is -2.32. The summed E-state index contributed by atoms with van der Waals surface area (Å²) in [7, 11) is 0. The molecule has 3 atom stereocenters. The number of carbonyl (C=O) groups is 5. The summed E-state index contributed by atoms with van der Waals surface area (Å²) in [5.41, 5.74) is -0.440. The van der Waals surface area contributed by atoms with E-state index in [0.29, 0.717) is 13.0 Å². The van der Waals surface area contributed by atoms with Crippen LogP contribution in [-0.2, 0) is 33.4 Å². The van der Waals surface area contributed by atoms with Crippen LogP contribution in [0.15, 0.2) is 18.2 Å². The number of hydrogen-bond acceptors (Lipinski definition) is 12. The highest BCUT2D eigenvalue weighted by atomic mass is 16.6. The van der Waals surface area contributed by atoms with E-state index in [9.17, 15) is 24.0 Å². The first kappa shape index (κ1) is 35.5. The van der Waals surface area contributed by atoms with Crippen molar-refractivity contribution in [1.29, 1.82) is 0 Å². The van der Waals surface area contributed by atoms with E-state index in [2.05, 4.69) is 5.32 Å². The van der Waals surface area contributed by atoms with E-state index in [1.807, 2.05) is 5.43 Å². The zero-order chi connectivity index (χ0) is 32.8. The fourth-order valence-electron chi connectivity index (χ4n) is 4.16. The second-order valence-electron chi connectivity index (χ2n) is 13.2. The van der Waals surface area contributed by atoms with E-state index in [1.165, 1.54) is 18.2 Å². The SMILES string of the molecule is CC(C)(C)OC(=O)COc1cc(C(=O)C2CCNCC2C(=O)OC(C)(C)C)ccc1OC(C(=O)NN)C(=O)OC(C)(C)C. The number of nitrogens with two attached hydrogens (primary N) is 1.